The number of hydrogen-bond acceptors (Lipinski definition) is 6. The van der Waals surface area contributed by atoms with Crippen LogP contribution in [-0.4, -0.2) is 24.1 Å². The van der Waals surface area contributed by atoms with Gasteiger partial charge in [-0.15, -0.1) is 21.5 Å². The summed E-state index contributed by atoms with van der Waals surface area (Å²) in [6, 6.07) is 11.3. The molecule has 0 fully saturated rings. The van der Waals surface area contributed by atoms with Gasteiger partial charge in [0.15, 0.2) is 11.0 Å². The molecule has 0 aliphatic rings. The molecule has 0 N–H and O–H groups in total. The molecule has 4 rings (SSSR count). The highest BCUT2D eigenvalue weighted by atomic mass is 32.2. The van der Waals surface area contributed by atoms with Crippen LogP contribution < -0.4 is 5.56 Å². The second-order valence-corrected chi connectivity index (χ2v) is 7.47. The fraction of sp³-hybridized carbons (Fsp3) is 0.176. The molecule has 0 aliphatic carbocycles. The standard InChI is InChI=1S/C17H15N5OS2/c1-11-5-3-7-14-18-12(9-15(23)22(11)14)10-25-17-20-19-16(21(17)2)13-6-4-8-24-13/h3-9H,10H2,1-2H3. The maximum absolute atomic E-state index is 12.3. The number of aryl methyl sites for hydroxylation is 1. The van der Waals surface area contributed by atoms with Crippen molar-refractivity contribution in [1.82, 2.24) is 24.1 Å². The average molecular weight is 369 g/mol. The van der Waals surface area contributed by atoms with Crippen molar-refractivity contribution in [2.45, 2.75) is 17.8 Å². The number of nitrogens with zero attached hydrogens (tertiary/aromatic N) is 5. The smallest absolute Gasteiger partial charge is 0.258 e. The average Bonchev–Trinajstić information content (AvgIpc) is 3.22. The Balaban J connectivity index is 1.60. The van der Waals surface area contributed by atoms with E-state index in [1.54, 1.807) is 21.8 Å². The lowest BCUT2D eigenvalue weighted by molar-refractivity contribution is 0.794. The number of thioether (sulfide) groups is 1. The van der Waals surface area contributed by atoms with Gasteiger partial charge in [0.05, 0.1) is 10.6 Å². The van der Waals surface area contributed by atoms with Crippen LogP contribution in [0.4, 0.5) is 0 Å². The molecular formula is C17H15N5OS2. The SMILES string of the molecule is Cc1cccc2nc(CSc3nnc(-c4cccs4)n3C)cc(=O)n12. The Hall–Kier alpha value is -2.45. The number of rotatable bonds is 4. The zero-order valence-electron chi connectivity index (χ0n) is 13.7. The van der Waals surface area contributed by atoms with Crippen LogP contribution in [-0.2, 0) is 12.8 Å². The minimum atomic E-state index is -0.0593. The quantitative estimate of drug-likeness (QED) is 0.517. The van der Waals surface area contributed by atoms with Gasteiger partial charge in [0.2, 0.25) is 0 Å². The molecule has 4 aromatic heterocycles. The van der Waals surface area contributed by atoms with Crippen LogP contribution in [0.3, 0.4) is 0 Å². The van der Waals surface area contributed by atoms with Gasteiger partial charge in [0.1, 0.15) is 5.65 Å². The van der Waals surface area contributed by atoms with E-state index in [-0.39, 0.29) is 5.56 Å². The highest BCUT2D eigenvalue weighted by Crippen LogP contribution is 2.27. The lowest BCUT2D eigenvalue weighted by atomic mass is 10.3. The molecule has 0 radical (unpaired) electrons. The van der Waals surface area contributed by atoms with Gasteiger partial charge in [0.25, 0.3) is 5.56 Å². The Morgan fingerprint density at radius 3 is 2.88 bits per heavy atom. The maximum Gasteiger partial charge on any atom is 0.258 e. The number of hydrogen-bond donors (Lipinski definition) is 0. The highest BCUT2D eigenvalue weighted by molar-refractivity contribution is 7.98. The third-order valence-corrected chi connectivity index (χ3v) is 5.78. The largest absolute Gasteiger partial charge is 0.304 e. The predicted octanol–water partition coefficient (Wildman–Crippen LogP) is 3.15. The molecule has 0 saturated carbocycles. The first-order chi connectivity index (χ1) is 12.1. The lowest BCUT2D eigenvalue weighted by Crippen LogP contribution is -2.17. The molecule has 0 aliphatic heterocycles. The van der Waals surface area contributed by atoms with E-state index >= 15 is 0 Å². The second-order valence-electron chi connectivity index (χ2n) is 5.58. The van der Waals surface area contributed by atoms with Crippen LogP contribution in [0, 0.1) is 6.92 Å². The van der Waals surface area contributed by atoms with Gasteiger partial charge in [-0.1, -0.05) is 23.9 Å². The van der Waals surface area contributed by atoms with Crippen LogP contribution in [0.25, 0.3) is 16.3 Å². The van der Waals surface area contributed by atoms with E-state index in [0.717, 1.165) is 27.2 Å². The third kappa shape index (κ3) is 2.98. The summed E-state index contributed by atoms with van der Waals surface area (Å²) in [7, 11) is 1.95. The van der Waals surface area contributed by atoms with Gasteiger partial charge in [-0.05, 0) is 30.5 Å². The van der Waals surface area contributed by atoms with Crippen molar-refractivity contribution in [2.75, 3.05) is 0 Å². The van der Waals surface area contributed by atoms with Crippen LogP contribution in [0.15, 0.2) is 51.7 Å². The van der Waals surface area contributed by atoms with Crippen molar-refractivity contribution in [1.29, 1.82) is 0 Å². The first kappa shape index (κ1) is 16.0. The summed E-state index contributed by atoms with van der Waals surface area (Å²) < 4.78 is 3.58. The van der Waals surface area contributed by atoms with E-state index in [1.165, 1.54) is 11.8 Å². The number of fused-ring (bicyclic) bond motifs is 1. The Morgan fingerprint density at radius 2 is 2.08 bits per heavy atom. The zero-order valence-corrected chi connectivity index (χ0v) is 15.3. The molecule has 0 unspecified atom stereocenters. The van der Waals surface area contributed by atoms with E-state index in [9.17, 15) is 4.79 Å². The zero-order chi connectivity index (χ0) is 17.4. The number of aromatic nitrogens is 5. The summed E-state index contributed by atoms with van der Waals surface area (Å²) in [6.07, 6.45) is 0. The van der Waals surface area contributed by atoms with Gasteiger partial charge >= 0.3 is 0 Å². The third-order valence-electron chi connectivity index (χ3n) is 3.86. The summed E-state index contributed by atoms with van der Waals surface area (Å²) >= 11 is 3.16. The van der Waals surface area contributed by atoms with Gasteiger partial charge in [0, 0.05) is 24.6 Å². The summed E-state index contributed by atoms with van der Waals surface area (Å²) in [5.74, 6) is 1.41. The Morgan fingerprint density at radius 1 is 1.20 bits per heavy atom. The fourth-order valence-electron chi connectivity index (χ4n) is 2.64. The van der Waals surface area contributed by atoms with Crippen molar-refractivity contribution in [3.8, 4) is 10.7 Å². The first-order valence-electron chi connectivity index (χ1n) is 7.68. The van der Waals surface area contributed by atoms with E-state index in [4.69, 9.17) is 0 Å². The molecule has 0 atom stereocenters. The first-order valence-corrected chi connectivity index (χ1v) is 9.54. The Kier molecular flexibility index (Phi) is 4.14. The molecule has 0 spiro atoms. The van der Waals surface area contributed by atoms with Crippen molar-refractivity contribution in [3.63, 3.8) is 0 Å². The molecule has 0 aromatic carbocycles. The topological polar surface area (TPSA) is 65.1 Å². The normalized spacial score (nSPS) is 11.3. The predicted molar refractivity (Wildman–Crippen MR) is 100 cm³/mol. The summed E-state index contributed by atoms with van der Waals surface area (Å²) in [6.45, 7) is 1.90. The molecule has 0 saturated heterocycles. The fourth-order valence-corrected chi connectivity index (χ4v) is 4.18. The summed E-state index contributed by atoms with van der Waals surface area (Å²) in [4.78, 5) is 18.0. The van der Waals surface area contributed by atoms with Crippen molar-refractivity contribution < 1.29 is 0 Å². The van der Waals surface area contributed by atoms with E-state index in [2.05, 4.69) is 15.2 Å². The molecule has 25 heavy (non-hydrogen) atoms. The molecule has 8 heteroatoms. The van der Waals surface area contributed by atoms with Gasteiger partial charge in [-0.3, -0.25) is 9.20 Å². The summed E-state index contributed by atoms with van der Waals surface area (Å²) in [5.41, 5.74) is 2.22. The molecule has 4 heterocycles. The van der Waals surface area contributed by atoms with E-state index in [1.807, 2.05) is 54.3 Å². The lowest BCUT2D eigenvalue weighted by Gasteiger charge is -2.06. The van der Waals surface area contributed by atoms with Crippen molar-refractivity contribution in [2.24, 2.45) is 7.05 Å². The van der Waals surface area contributed by atoms with Gasteiger partial charge < -0.3 is 4.57 Å². The molecular weight excluding hydrogens is 354 g/mol. The minimum Gasteiger partial charge on any atom is -0.304 e. The van der Waals surface area contributed by atoms with Crippen molar-refractivity contribution in [3.05, 3.63) is 63.5 Å². The van der Waals surface area contributed by atoms with E-state index in [0.29, 0.717) is 11.4 Å². The maximum atomic E-state index is 12.3. The summed E-state index contributed by atoms with van der Waals surface area (Å²) in [5, 5.41) is 11.3. The van der Waals surface area contributed by atoms with Crippen molar-refractivity contribution >= 4 is 28.7 Å². The highest BCUT2D eigenvalue weighted by Gasteiger charge is 2.13. The Bertz CT molecular complexity index is 1100. The minimum absolute atomic E-state index is 0.0593. The van der Waals surface area contributed by atoms with Gasteiger partial charge in [-0.25, -0.2) is 4.98 Å². The second kappa shape index (κ2) is 6.45. The van der Waals surface area contributed by atoms with Crippen LogP contribution in [0.2, 0.25) is 0 Å². The van der Waals surface area contributed by atoms with Crippen LogP contribution >= 0.6 is 23.1 Å². The van der Waals surface area contributed by atoms with Crippen LogP contribution in [0.1, 0.15) is 11.4 Å². The van der Waals surface area contributed by atoms with E-state index < -0.39 is 0 Å². The van der Waals surface area contributed by atoms with Gasteiger partial charge in [-0.2, -0.15) is 0 Å². The number of thiophene rings is 1. The molecule has 0 amide bonds. The molecule has 6 nitrogen and oxygen atoms in total. The number of pyridine rings is 1. The molecule has 0 bridgehead atoms. The van der Waals surface area contributed by atoms with Crippen LogP contribution in [0.5, 0.6) is 0 Å². The monoisotopic (exact) mass is 369 g/mol. The Labute approximate surface area is 152 Å². The molecule has 126 valence electrons. The molecule has 4 aromatic rings.